The van der Waals surface area contributed by atoms with Crippen molar-refractivity contribution in [1.29, 1.82) is 0 Å². The van der Waals surface area contributed by atoms with Crippen molar-refractivity contribution in [1.82, 2.24) is 4.90 Å². The van der Waals surface area contributed by atoms with E-state index in [1.165, 1.54) is 0 Å². The third-order valence-electron chi connectivity index (χ3n) is 4.02. The van der Waals surface area contributed by atoms with E-state index < -0.39 is 5.97 Å². The molecule has 1 aromatic rings. The van der Waals surface area contributed by atoms with E-state index in [4.69, 9.17) is 4.42 Å². The van der Waals surface area contributed by atoms with E-state index in [1.807, 2.05) is 6.07 Å². The predicted octanol–water partition coefficient (Wildman–Crippen LogP) is 2.48. The van der Waals surface area contributed by atoms with E-state index >= 15 is 0 Å². The smallest absolute Gasteiger partial charge is 0.308 e. The summed E-state index contributed by atoms with van der Waals surface area (Å²) >= 11 is 3.44. The van der Waals surface area contributed by atoms with Gasteiger partial charge in [0, 0.05) is 12.1 Å². The molecule has 2 fully saturated rings. The van der Waals surface area contributed by atoms with E-state index in [0.717, 1.165) is 29.5 Å². The molecule has 3 atom stereocenters. The van der Waals surface area contributed by atoms with E-state index in [0.29, 0.717) is 12.6 Å². The van der Waals surface area contributed by atoms with Crippen molar-refractivity contribution in [2.75, 3.05) is 0 Å². The first-order chi connectivity index (χ1) is 8.16. The maximum atomic E-state index is 11.1. The lowest BCUT2D eigenvalue weighted by molar-refractivity contribution is -0.142. The molecule has 1 N–H and O–H groups in total. The van der Waals surface area contributed by atoms with Crippen LogP contribution in [0.1, 0.15) is 25.0 Å². The molecule has 2 aliphatic rings. The fourth-order valence-corrected chi connectivity index (χ4v) is 3.54. The number of carboxylic acids is 1. The Morgan fingerprint density at radius 2 is 2.41 bits per heavy atom. The number of carbonyl (C=O) groups is 1. The van der Waals surface area contributed by atoms with E-state index in [-0.39, 0.29) is 12.0 Å². The molecule has 2 bridgehead atoms. The molecule has 4 nitrogen and oxygen atoms in total. The Balaban J connectivity index is 1.77. The zero-order valence-corrected chi connectivity index (χ0v) is 10.9. The van der Waals surface area contributed by atoms with Crippen molar-refractivity contribution in [3.8, 4) is 0 Å². The Morgan fingerprint density at radius 3 is 3.00 bits per heavy atom. The molecule has 1 aromatic heterocycles. The fraction of sp³-hybridized carbons (Fsp3) is 0.583. The summed E-state index contributed by atoms with van der Waals surface area (Å²) in [5.74, 6) is 0.0520. The fourth-order valence-electron chi connectivity index (χ4n) is 3.22. The first-order valence-electron chi connectivity index (χ1n) is 5.87. The number of halogens is 1. The number of hydrogen-bond acceptors (Lipinski definition) is 3. The maximum absolute atomic E-state index is 11.1. The highest BCUT2D eigenvalue weighted by molar-refractivity contribution is 9.10. The van der Waals surface area contributed by atoms with Gasteiger partial charge in [0.25, 0.3) is 0 Å². The van der Waals surface area contributed by atoms with Crippen LogP contribution in [0.3, 0.4) is 0 Å². The van der Waals surface area contributed by atoms with Crippen LogP contribution in [0.15, 0.2) is 21.2 Å². The monoisotopic (exact) mass is 299 g/mol. The molecule has 0 amide bonds. The first-order valence-corrected chi connectivity index (χ1v) is 6.66. The summed E-state index contributed by atoms with van der Waals surface area (Å²) in [5.41, 5.74) is 0. The van der Waals surface area contributed by atoms with Gasteiger partial charge in [0.2, 0.25) is 0 Å². The molecule has 17 heavy (non-hydrogen) atoms. The summed E-state index contributed by atoms with van der Waals surface area (Å²) in [5, 5.41) is 9.17. The van der Waals surface area contributed by atoms with Gasteiger partial charge in [-0.3, -0.25) is 9.69 Å². The molecule has 3 unspecified atom stereocenters. The molecule has 3 rings (SSSR count). The number of furan rings is 1. The zero-order chi connectivity index (χ0) is 12.0. The highest BCUT2D eigenvalue weighted by Crippen LogP contribution is 2.43. The van der Waals surface area contributed by atoms with E-state index in [9.17, 15) is 9.90 Å². The lowest BCUT2D eigenvalue weighted by Gasteiger charge is -2.21. The maximum Gasteiger partial charge on any atom is 0.308 e. The topological polar surface area (TPSA) is 53.7 Å². The number of fused-ring (bicyclic) bond motifs is 2. The van der Waals surface area contributed by atoms with Gasteiger partial charge in [-0.1, -0.05) is 0 Å². The summed E-state index contributed by atoms with van der Waals surface area (Å²) in [7, 11) is 0. The summed E-state index contributed by atoms with van der Waals surface area (Å²) in [6.45, 7) is 0.715. The number of rotatable bonds is 3. The normalized spacial score (nSPS) is 32.2. The van der Waals surface area contributed by atoms with Crippen molar-refractivity contribution in [2.45, 2.75) is 37.9 Å². The van der Waals surface area contributed by atoms with Crippen LogP contribution >= 0.6 is 15.9 Å². The quantitative estimate of drug-likeness (QED) is 0.932. The Labute approximate surface area is 108 Å². The highest BCUT2D eigenvalue weighted by Gasteiger charge is 2.49. The molecule has 2 saturated heterocycles. The number of hydrogen-bond donors (Lipinski definition) is 1. The van der Waals surface area contributed by atoms with Crippen LogP contribution in [0.4, 0.5) is 0 Å². The average molecular weight is 300 g/mol. The summed E-state index contributed by atoms with van der Waals surface area (Å²) in [6, 6.07) is 2.48. The average Bonchev–Trinajstić information content (AvgIpc) is 2.96. The van der Waals surface area contributed by atoms with Crippen LogP contribution in [-0.4, -0.2) is 28.1 Å². The molecule has 0 spiro atoms. The number of nitrogens with zero attached hydrogens (tertiary/aromatic N) is 1. The van der Waals surface area contributed by atoms with Crippen LogP contribution in [0, 0.1) is 5.92 Å². The van der Waals surface area contributed by atoms with E-state index in [1.54, 1.807) is 6.26 Å². The van der Waals surface area contributed by atoms with E-state index in [2.05, 4.69) is 20.8 Å². The van der Waals surface area contributed by atoms with Crippen LogP contribution < -0.4 is 0 Å². The Hall–Kier alpha value is -0.810. The summed E-state index contributed by atoms with van der Waals surface area (Å²) in [6.07, 6.45) is 4.57. The van der Waals surface area contributed by atoms with Crippen molar-refractivity contribution in [3.05, 3.63) is 22.6 Å². The number of aliphatic carboxylic acids is 1. The second kappa shape index (κ2) is 4.14. The van der Waals surface area contributed by atoms with Gasteiger partial charge in [-0.05, 0) is 41.3 Å². The molecule has 3 heterocycles. The predicted molar refractivity (Wildman–Crippen MR) is 64.5 cm³/mol. The third-order valence-corrected chi connectivity index (χ3v) is 4.72. The lowest BCUT2D eigenvalue weighted by atomic mass is 9.89. The minimum absolute atomic E-state index is 0.189. The van der Waals surface area contributed by atoms with Crippen LogP contribution in [-0.2, 0) is 11.3 Å². The molecular formula is C12H14BrNO3. The molecular weight excluding hydrogens is 286 g/mol. The summed E-state index contributed by atoms with van der Waals surface area (Å²) < 4.78 is 6.38. The van der Waals surface area contributed by atoms with Crippen molar-refractivity contribution >= 4 is 21.9 Å². The van der Waals surface area contributed by atoms with Gasteiger partial charge in [-0.2, -0.15) is 0 Å². The Kier molecular flexibility index (Phi) is 2.75. The van der Waals surface area contributed by atoms with Crippen molar-refractivity contribution in [3.63, 3.8) is 0 Å². The zero-order valence-electron chi connectivity index (χ0n) is 9.30. The molecule has 0 radical (unpaired) electrons. The number of carboxylic acid groups (broad SMARTS) is 1. The second-order valence-corrected chi connectivity index (χ2v) is 5.70. The van der Waals surface area contributed by atoms with Crippen molar-refractivity contribution < 1.29 is 14.3 Å². The van der Waals surface area contributed by atoms with Gasteiger partial charge in [-0.25, -0.2) is 0 Å². The van der Waals surface area contributed by atoms with Crippen molar-refractivity contribution in [2.24, 2.45) is 5.92 Å². The van der Waals surface area contributed by atoms with Gasteiger partial charge in [0.1, 0.15) is 5.76 Å². The molecule has 0 aromatic carbocycles. The Bertz CT molecular complexity index is 445. The summed E-state index contributed by atoms with van der Waals surface area (Å²) in [4.78, 5) is 13.4. The van der Waals surface area contributed by atoms with Gasteiger partial charge >= 0.3 is 5.97 Å². The van der Waals surface area contributed by atoms with Gasteiger partial charge in [-0.15, -0.1) is 0 Å². The van der Waals surface area contributed by atoms with Gasteiger partial charge in [0.05, 0.1) is 23.2 Å². The largest absolute Gasteiger partial charge is 0.481 e. The molecule has 2 aliphatic heterocycles. The SMILES string of the molecule is O=C(O)C1CC2CCC1N2Cc1occc1Br. The molecule has 5 heteroatoms. The lowest BCUT2D eigenvalue weighted by Crippen LogP contribution is -2.32. The van der Waals surface area contributed by atoms with Gasteiger partial charge in [0.15, 0.2) is 0 Å². The molecule has 92 valence electrons. The first kappa shape index (κ1) is 11.3. The third kappa shape index (κ3) is 1.81. The van der Waals surface area contributed by atoms with Crippen LogP contribution in [0.2, 0.25) is 0 Å². The highest BCUT2D eigenvalue weighted by atomic mass is 79.9. The Morgan fingerprint density at radius 1 is 1.59 bits per heavy atom. The molecule has 0 aliphatic carbocycles. The minimum Gasteiger partial charge on any atom is -0.481 e. The van der Waals surface area contributed by atoms with Crippen LogP contribution in [0.5, 0.6) is 0 Å². The van der Waals surface area contributed by atoms with Gasteiger partial charge < -0.3 is 9.52 Å². The standard InChI is InChI=1S/C12H14BrNO3/c13-9-3-4-17-11(9)6-14-7-1-2-10(14)8(5-7)12(15)16/h3-4,7-8,10H,1-2,5-6H2,(H,15,16). The second-order valence-electron chi connectivity index (χ2n) is 4.84. The minimum atomic E-state index is -0.652. The molecule has 0 saturated carbocycles. The van der Waals surface area contributed by atoms with Crippen LogP contribution in [0.25, 0.3) is 0 Å².